The molecule has 0 saturated heterocycles. The van der Waals surface area contributed by atoms with Gasteiger partial charge in [0.05, 0.1) is 0 Å². The van der Waals surface area contributed by atoms with Crippen molar-refractivity contribution in [1.29, 1.82) is 0 Å². The van der Waals surface area contributed by atoms with E-state index in [0.717, 1.165) is 12.8 Å². The highest BCUT2D eigenvalue weighted by atomic mass is 16.6. The molecule has 0 rings (SSSR count). The van der Waals surface area contributed by atoms with E-state index in [1.54, 1.807) is 0 Å². The average molecular weight is 161 g/mol. The van der Waals surface area contributed by atoms with Crippen molar-refractivity contribution in [1.82, 2.24) is 0 Å². The molecule has 0 atom stereocenters. The molecule has 0 aromatic carbocycles. The average Bonchev–Trinajstić information content (AvgIpc) is 1.96. The summed E-state index contributed by atoms with van der Waals surface area (Å²) in [5, 5.41) is 18.0. The molecule has 0 aliphatic rings. The lowest BCUT2D eigenvalue weighted by molar-refractivity contribution is -0.480. The number of unbranched alkanes of at least 4 members (excludes halogenated alkanes) is 2. The fraction of sp³-hybridized carbons (Fsp3) is 1.00. The predicted octanol–water partition coefficient (Wildman–Crippen LogP) is -0.291. The first kappa shape index (κ1) is 10.4. The first-order valence-electron chi connectivity index (χ1n) is 3.57. The van der Waals surface area contributed by atoms with Gasteiger partial charge in [0.25, 0.3) is 0 Å². The number of hydrogen-bond donors (Lipinski definition) is 1. The minimum atomic E-state index is -0.326. The van der Waals surface area contributed by atoms with Crippen LogP contribution in [0.5, 0.6) is 0 Å². The molecule has 0 heterocycles. The van der Waals surface area contributed by atoms with Gasteiger partial charge in [0.2, 0.25) is 6.54 Å². The monoisotopic (exact) mass is 161 g/mol. The van der Waals surface area contributed by atoms with E-state index in [0.29, 0.717) is 13.0 Å². The third-order valence-corrected chi connectivity index (χ3v) is 1.22. The fourth-order valence-electron chi connectivity index (χ4n) is 0.686. The Balaban J connectivity index is 2.85. The van der Waals surface area contributed by atoms with E-state index in [1.165, 1.54) is 0 Å². The van der Waals surface area contributed by atoms with E-state index in [4.69, 9.17) is 5.02 Å². The van der Waals surface area contributed by atoms with Gasteiger partial charge in [-0.1, -0.05) is 0 Å². The molecule has 5 nitrogen and oxygen atoms in total. The number of rotatable bonds is 7. The third-order valence-electron chi connectivity index (χ3n) is 1.22. The molecule has 0 unspecified atom stereocenters. The number of hydrogen-bond acceptors (Lipinski definition) is 4. The Morgan fingerprint density at radius 1 is 1.45 bits per heavy atom. The number of nitrogens with zero attached hydrogens (tertiary/aromatic N) is 1. The molecular formula is C5H12BNO4. The van der Waals surface area contributed by atoms with Crippen LogP contribution in [0.3, 0.4) is 0 Å². The summed E-state index contributed by atoms with van der Waals surface area (Å²) in [5.74, 6) is 0. The fourth-order valence-corrected chi connectivity index (χ4v) is 0.686. The maximum atomic E-state index is 9.82. The van der Waals surface area contributed by atoms with Crippen molar-refractivity contribution in [3.63, 3.8) is 0 Å². The van der Waals surface area contributed by atoms with Crippen LogP contribution in [-0.2, 0) is 4.65 Å². The van der Waals surface area contributed by atoms with Crippen LogP contribution in [0.4, 0.5) is 0 Å². The molecule has 0 aliphatic carbocycles. The topological polar surface area (TPSA) is 72.6 Å². The first-order chi connectivity index (χ1) is 5.27. The predicted molar refractivity (Wildman–Crippen MR) is 41.0 cm³/mol. The lowest BCUT2D eigenvalue weighted by Crippen LogP contribution is -2.02. The highest BCUT2D eigenvalue weighted by Gasteiger charge is 1.95. The number of nitro groups is 1. The summed E-state index contributed by atoms with van der Waals surface area (Å²) >= 11 is 0. The van der Waals surface area contributed by atoms with Crippen molar-refractivity contribution in [2.75, 3.05) is 13.2 Å². The Bertz CT molecular complexity index is 111. The SMILES string of the molecule is O=[N+]([O-])CCCCCOBO. The second kappa shape index (κ2) is 7.49. The third kappa shape index (κ3) is 9.38. The highest BCUT2D eigenvalue weighted by Crippen LogP contribution is 1.94. The molecule has 0 amide bonds. The molecule has 64 valence electrons. The summed E-state index contributed by atoms with van der Waals surface area (Å²) in [5.41, 5.74) is 0. The molecule has 0 aromatic heterocycles. The van der Waals surface area contributed by atoms with Gasteiger partial charge in [-0.05, 0) is 12.8 Å². The quantitative estimate of drug-likeness (QED) is 0.241. The first-order valence-corrected chi connectivity index (χ1v) is 3.57. The lowest BCUT2D eigenvalue weighted by Gasteiger charge is -1.97. The Kier molecular flexibility index (Phi) is 7.07. The van der Waals surface area contributed by atoms with Gasteiger partial charge in [-0.15, -0.1) is 0 Å². The van der Waals surface area contributed by atoms with Gasteiger partial charge < -0.3 is 9.68 Å². The molecule has 0 aliphatic heterocycles. The summed E-state index contributed by atoms with van der Waals surface area (Å²) in [6, 6.07) is 0. The molecule has 0 bridgehead atoms. The van der Waals surface area contributed by atoms with Gasteiger partial charge in [-0.25, -0.2) is 0 Å². The highest BCUT2D eigenvalue weighted by molar-refractivity contribution is 6.15. The van der Waals surface area contributed by atoms with Gasteiger partial charge in [-0.2, -0.15) is 0 Å². The summed E-state index contributed by atoms with van der Waals surface area (Å²) in [6.07, 6.45) is 2.14. The maximum absolute atomic E-state index is 9.82. The summed E-state index contributed by atoms with van der Waals surface area (Å²) in [7, 11) is -0.269. The molecule has 0 saturated carbocycles. The molecule has 0 spiro atoms. The van der Waals surface area contributed by atoms with E-state index < -0.39 is 0 Å². The van der Waals surface area contributed by atoms with Gasteiger partial charge in [0, 0.05) is 18.0 Å². The molecule has 6 heteroatoms. The van der Waals surface area contributed by atoms with Crippen LogP contribution < -0.4 is 0 Å². The van der Waals surface area contributed by atoms with Crippen molar-refractivity contribution in [2.45, 2.75) is 19.3 Å². The smallest absolute Gasteiger partial charge is 0.430 e. The zero-order chi connectivity index (χ0) is 8.53. The zero-order valence-corrected chi connectivity index (χ0v) is 6.36. The van der Waals surface area contributed by atoms with Crippen molar-refractivity contribution in [3.05, 3.63) is 10.1 Å². The standard InChI is InChI=1S/C5H12BNO4/c8-6-11-5-3-1-2-4-7(9)10/h6,8H,1-5H2. The van der Waals surface area contributed by atoms with Crippen LogP contribution in [-0.4, -0.2) is 30.8 Å². The van der Waals surface area contributed by atoms with Crippen LogP contribution in [0.25, 0.3) is 0 Å². The largest absolute Gasteiger partial charge is 0.435 e. The van der Waals surface area contributed by atoms with Crippen LogP contribution in [0.1, 0.15) is 19.3 Å². The van der Waals surface area contributed by atoms with E-state index in [2.05, 4.69) is 4.65 Å². The van der Waals surface area contributed by atoms with Crippen LogP contribution in [0.15, 0.2) is 0 Å². The van der Waals surface area contributed by atoms with Crippen molar-refractivity contribution < 1.29 is 14.6 Å². The lowest BCUT2D eigenvalue weighted by atomic mass is 10.2. The van der Waals surface area contributed by atoms with E-state index in [1.807, 2.05) is 0 Å². The van der Waals surface area contributed by atoms with E-state index in [9.17, 15) is 10.1 Å². The second-order valence-electron chi connectivity index (χ2n) is 2.15. The van der Waals surface area contributed by atoms with Gasteiger partial charge in [-0.3, -0.25) is 10.1 Å². The van der Waals surface area contributed by atoms with Crippen molar-refractivity contribution >= 4 is 7.69 Å². The van der Waals surface area contributed by atoms with Crippen molar-refractivity contribution in [2.24, 2.45) is 0 Å². The Hall–Kier alpha value is -0.615. The minimum absolute atomic E-state index is 0.0269. The molecule has 11 heavy (non-hydrogen) atoms. The maximum Gasteiger partial charge on any atom is 0.435 e. The van der Waals surface area contributed by atoms with Crippen LogP contribution in [0.2, 0.25) is 0 Å². The Labute approximate surface area is 65.8 Å². The Morgan fingerprint density at radius 2 is 2.18 bits per heavy atom. The molecule has 0 aromatic rings. The van der Waals surface area contributed by atoms with Gasteiger partial charge in [0.1, 0.15) is 0 Å². The van der Waals surface area contributed by atoms with Gasteiger partial charge >= 0.3 is 7.69 Å². The minimum Gasteiger partial charge on any atom is -0.430 e. The molecule has 0 fully saturated rings. The van der Waals surface area contributed by atoms with Crippen LogP contribution in [0, 0.1) is 10.1 Å². The second-order valence-corrected chi connectivity index (χ2v) is 2.15. The van der Waals surface area contributed by atoms with E-state index in [-0.39, 0.29) is 19.2 Å². The van der Waals surface area contributed by atoms with Crippen molar-refractivity contribution in [3.8, 4) is 0 Å². The summed E-state index contributed by atoms with van der Waals surface area (Å²) in [4.78, 5) is 9.50. The summed E-state index contributed by atoms with van der Waals surface area (Å²) in [6.45, 7) is 0.507. The summed E-state index contributed by atoms with van der Waals surface area (Å²) < 4.78 is 4.63. The van der Waals surface area contributed by atoms with E-state index >= 15 is 0 Å². The molecular weight excluding hydrogens is 149 g/mol. The van der Waals surface area contributed by atoms with Crippen LogP contribution >= 0.6 is 0 Å². The Morgan fingerprint density at radius 3 is 2.73 bits per heavy atom. The normalized spacial score (nSPS) is 9.55. The van der Waals surface area contributed by atoms with Gasteiger partial charge in [0.15, 0.2) is 0 Å². The molecule has 0 radical (unpaired) electrons. The zero-order valence-electron chi connectivity index (χ0n) is 6.36. The molecule has 1 N–H and O–H groups in total.